The van der Waals surface area contributed by atoms with Crippen molar-refractivity contribution < 1.29 is 19.4 Å². The Kier molecular flexibility index (Phi) is 3.23. The molecule has 1 aromatic carbocycles. The molecule has 1 aliphatic heterocycles. The van der Waals surface area contributed by atoms with Crippen molar-refractivity contribution in [2.24, 2.45) is 5.73 Å². The molecular formula is C14H16N2O4. The van der Waals surface area contributed by atoms with Gasteiger partial charge in [0.2, 0.25) is 0 Å². The van der Waals surface area contributed by atoms with Crippen molar-refractivity contribution in [3.05, 3.63) is 23.9 Å². The number of hydrogen-bond donors (Lipinski definition) is 2. The normalized spacial score (nSPS) is 13.7. The van der Waals surface area contributed by atoms with Crippen LogP contribution in [0, 0.1) is 0 Å². The molecule has 0 saturated carbocycles. The predicted molar refractivity (Wildman–Crippen MR) is 73.3 cm³/mol. The van der Waals surface area contributed by atoms with Gasteiger partial charge in [0.05, 0.1) is 5.52 Å². The summed E-state index contributed by atoms with van der Waals surface area (Å²) in [7, 11) is 0. The number of aromatic nitrogens is 1. The summed E-state index contributed by atoms with van der Waals surface area (Å²) < 4.78 is 12.8. The molecule has 2 heterocycles. The molecule has 6 heteroatoms. The monoisotopic (exact) mass is 276 g/mol. The molecule has 0 atom stereocenters. The van der Waals surface area contributed by atoms with Crippen LogP contribution in [-0.2, 0) is 17.8 Å². The third-order valence-electron chi connectivity index (χ3n) is 3.35. The van der Waals surface area contributed by atoms with Crippen LogP contribution >= 0.6 is 0 Å². The van der Waals surface area contributed by atoms with Crippen LogP contribution in [0.1, 0.15) is 5.56 Å². The zero-order valence-corrected chi connectivity index (χ0v) is 11.0. The molecule has 3 rings (SSSR count). The summed E-state index contributed by atoms with van der Waals surface area (Å²) in [4.78, 5) is 11.0. The van der Waals surface area contributed by atoms with Gasteiger partial charge in [-0.15, -0.1) is 0 Å². The Hall–Kier alpha value is -2.21. The van der Waals surface area contributed by atoms with Gasteiger partial charge in [-0.1, -0.05) is 0 Å². The molecule has 6 nitrogen and oxygen atoms in total. The number of ether oxygens (including phenoxy) is 2. The summed E-state index contributed by atoms with van der Waals surface area (Å²) in [5.41, 5.74) is 7.48. The fourth-order valence-corrected chi connectivity index (χ4v) is 2.53. The molecule has 0 unspecified atom stereocenters. The van der Waals surface area contributed by atoms with E-state index in [1.54, 1.807) is 4.57 Å². The van der Waals surface area contributed by atoms with E-state index in [1.165, 1.54) is 0 Å². The molecule has 20 heavy (non-hydrogen) atoms. The molecule has 1 aromatic heterocycles. The van der Waals surface area contributed by atoms with E-state index < -0.39 is 5.97 Å². The van der Waals surface area contributed by atoms with Gasteiger partial charge in [0.15, 0.2) is 11.5 Å². The van der Waals surface area contributed by atoms with E-state index in [1.807, 2.05) is 18.3 Å². The van der Waals surface area contributed by atoms with Crippen molar-refractivity contribution in [2.75, 3.05) is 19.8 Å². The molecule has 106 valence electrons. The van der Waals surface area contributed by atoms with E-state index in [4.69, 9.17) is 20.3 Å². The lowest BCUT2D eigenvalue weighted by Gasteiger charge is -2.18. The molecule has 0 spiro atoms. The SMILES string of the molecule is NCCc1cn(CC(=O)O)c2cc3c(cc12)OCCO3. The minimum Gasteiger partial charge on any atom is -0.486 e. The fraction of sp³-hybridized carbons (Fsp3) is 0.357. The maximum absolute atomic E-state index is 11.0. The van der Waals surface area contributed by atoms with Crippen LogP contribution in [0.15, 0.2) is 18.3 Å². The van der Waals surface area contributed by atoms with Crippen molar-refractivity contribution >= 4 is 16.9 Å². The number of nitrogens with zero attached hydrogens (tertiary/aromatic N) is 1. The Bertz CT molecular complexity index is 663. The molecule has 0 saturated heterocycles. The van der Waals surface area contributed by atoms with Gasteiger partial charge in [-0.05, 0) is 24.6 Å². The lowest BCUT2D eigenvalue weighted by Crippen LogP contribution is -2.15. The first-order valence-corrected chi connectivity index (χ1v) is 6.52. The highest BCUT2D eigenvalue weighted by Gasteiger charge is 2.17. The Labute approximate surface area is 115 Å². The number of carboxylic acid groups (broad SMARTS) is 1. The number of carboxylic acids is 1. The Morgan fingerprint density at radius 3 is 2.65 bits per heavy atom. The van der Waals surface area contributed by atoms with E-state index in [0.717, 1.165) is 16.5 Å². The van der Waals surface area contributed by atoms with Crippen LogP contribution in [0.25, 0.3) is 10.9 Å². The highest BCUT2D eigenvalue weighted by Crippen LogP contribution is 2.36. The van der Waals surface area contributed by atoms with Gasteiger partial charge in [-0.2, -0.15) is 0 Å². The second-order valence-electron chi connectivity index (χ2n) is 4.73. The standard InChI is InChI=1S/C14H16N2O4/c15-2-1-9-7-16(8-14(17)18)11-6-13-12(5-10(9)11)19-3-4-20-13/h5-7H,1-4,8,15H2,(H,17,18). The minimum absolute atomic E-state index is 0.0826. The molecule has 0 radical (unpaired) electrons. The third-order valence-corrected chi connectivity index (χ3v) is 3.35. The second kappa shape index (κ2) is 5.05. The zero-order valence-electron chi connectivity index (χ0n) is 11.0. The smallest absolute Gasteiger partial charge is 0.323 e. The molecule has 3 N–H and O–H groups in total. The van der Waals surface area contributed by atoms with E-state index in [0.29, 0.717) is 37.7 Å². The number of carbonyl (C=O) groups is 1. The van der Waals surface area contributed by atoms with Gasteiger partial charge in [0.25, 0.3) is 0 Å². The van der Waals surface area contributed by atoms with Crippen molar-refractivity contribution in [2.45, 2.75) is 13.0 Å². The largest absolute Gasteiger partial charge is 0.486 e. The third kappa shape index (κ3) is 2.18. The molecular weight excluding hydrogens is 260 g/mol. The number of aliphatic carboxylic acids is 1. The number of fused-ring (bicyclic) bond motifs is 2. The van der Waals surface area contributed by atoms with Crippen molar-refractivity contribution in [1.82, 2.24) is 4.57 Å². The first kappa shape index (κ1) is 12.8. The molecule has 1 aliphatic rings. The van der Waals surface area contributed by atoms with Crippen LogP contribution in [0.5, 0.6) is 11.5 Å². The maximum Gasteiger partial charge on any atom is 0.323 e. The highest BCUT2D eigenvalue weighted by molar-refractivity contribution is 5.88. The van der Waals surface area contributed by atoms with Crippen molar-refractivity contribution in [3.63, 3.8) is 0 Å². The topological polar surface area (TPSA) is 86.7 Å². The fourth-order valence-electron chi connectivity index (χ4n) is 2.53. The highest BCUT2D eigenvalue weighted by atomic mass is 16.6. The van der Waals surface area contributed by atoms with Gasteiger partial charge >= 0.3 is 5.97 Å². The molecule has 0 fully saturated rings. The van der Waals surface area contributed by atoms with E-state index >= 15 is 0 Å². The zero-order chi connectivity index (χ0) is 14.1. The molecule has 0 bridgehead atoms. The van der Waals surface area contributed by atoms with Crippen LogP contribution < -0.4 is 15.2 Å². The first-order valence-electron chi connectivity index (χ1n) is 6.52. The maximum atomic E-state index is 11.0. The van der Waals surface area contributed by atoms with E-state index in [2.05, 4.69) is 0 Å². The van der Waals surface area contributed by atoms with E-state index in [-0.39, 0.29) is 6.54 Å². The summed E-state index contributed by atoms with van der Waals surface area (Å²) in [6.07, 6.45) is 2.54. The minimum atomic E-state index is -0.879. The Balaban J connectivity index is 2.16. The van der Waals surface area contributed by atoms with Crippen LogP contribution in [0.3, 0.4) is 0 Å². The van der Waals surface area contributed by atoms with Gasteiger partial charge in [-0.25, -0.2) is 0 Å². The number of rotatable bonds is 4. The summed E-state index contributed by atoms with van der Waals surface area (Å²) in [5, 5.41) is 9.98. The molecule has 0 amide bonds. The summed E-state index contributed by atoms with van der Waals surface area (Å²) in [5.74, 6) is 0.485. The summed E-state index contributed by atoms with van der Waals surface area (Å²) in [6.45, 7) is 1.47. The summed E-state index contributed by atoms with van der Waals surface area (Å²) in [6, 6.07) is 3.75. The lowest BCUT2D eigenvalue weighted by atomic mass is 10.1. The van der Waals surface area contributed by atoms with E-state index in [9.17, 15) is 4.79 Å². The van der Waals surface area contributed by atoms with Gasteiger partial charge in [-0.3, -0.25) is 4.79 Å². The molecule has 2 aromatic rings. The van der Waals surface area contributed by atoms with Crippen LogP contribution in [-0.4, -0.2) is 35.4 Å². The second-order valence-corrected chi connectivity index (χ2v) is 4.73. The lowest BCUT2D eigenvalue weighted by molar-refractivity contribution is -0.137. The molecule has 0 aliphatic carbocycles. The number of hydrogen-bond acceptors (Lipinski definition) is 4. The predicted octanol–water partition coefficient (Wildman–Crippen LogP) is 0.998. The first-order chi connectivity index (χ1) is 9.69. The van der Waals surface area contributed by atoms with Gasteiger partial charge < -0.3 is 24.9 Å². The van der Waals surface area contributed by atoms with Crippen molar-refractivity contribution in [3.8, 4) is 11.5 Å². The Morgan fingerprint density at radius 1 is 1.30 bits per heavy atom. The van der Waals surface area contributed by atoms with Gasteiger partial charge in [0, 0.05) is 17.6 Å². The van der Waals surface area contributed by atoms with Crippen LogP contribution in [0.2, 0.25) is 0 Å². The van der Waals surface area contributed by atoms with Gasteiger partial charge in [0.1, 0.15) is 19.8 Å². The number of benzene rings is 1. The van der Waals surface area contributed by atoms with Crippen LogP contribution in [0.4, 0.5) is 0 Å². The average Bonchev–Trinajstić information content (AvgIpc) is 2.74. The Morgan fingerprint density at radius 2 is 2.00 bits per heavy atom. The average molecular weight is 276 g/mol. The van der Waals surface area contributed by atoms with Crippen molar-refractivity contribution in [1.29, 1.82) is 0 Å². The summed E-state index contributed by atoms with van der Waals surface area (Å²) >= 11 is 0. The quantitative estimate of drug-likeness (QED) is 0.870. The number of nitrogens with two attached hydrogens (primary N) is 1.